The standard InChI is InChI=1S/C15H16N2O3/c18-15(19)14-13(20-9-8-11-6-7-11)10-17(16-14)12-4-2-1-3-5-12/h1-5,10-11H,6-9H2,(H,18,19). The summed E-state index contributed by atoms with van der Waals surface area (Å²) in [4.78, 5) is 11.2. The number of aromatic carboxylic acids is 1. The number of rotatable bonds is 6. The monoisotopic (exact) mass is 272 g/mol. The summed E-state index contributed by atoms with van der Waals surface area (Å²) in [6, 6.07) is 9.40. The predicted molar refractivity (Wildman–Crippen MR) is 73.4 cm³/mol. The van der Waals surface area contributed by atoms with Crippen LogP contribution in [0, 0.1) is 5.92 Å². The van der Waals surface area contributed by atoms with Crippen LogP contribution in [0.25, 0.3) is 5.69 Å². The minimum absolute atomic E-state index is 0.0374. The van der Waals surface area contributed by atoms with Crippen LogP contribution in [0.5, 0.6) is 5.75 Å². The normalized spacial score (nSPS) is 14.2. The summed E-state index contributed by atoms with van der Waals surface area (Å²) in [5.74, 6) is 0.0237. The summed E-state index contributed by atoms with van der Waals surface area (Å²) in [7, 11) is 0. The summed E-state index contributed by atoms with van der Waals surface area (Å²) in [5.41, 5.74) is 0.775. The highest BCUT2D eigenvalue weighted by Crippen LogP contribution is 2.32. The van der Waals surface area contributed by atoms with Crippen molar-refractivity contribution in [3.05, 3.63) is 42.2 Å². The fourth-order valence-electron chi connectivity index (χ4n) is 2.07. The average molecular weight is 272 g/mol. The number of benzene rings is 1. The average Bonchev–Trinajstić information content (AvgIpc) is 3.17. The maximum atomic E-state index is 11.2. The number of carbonyl (C=O) groups is 1. The second kappa shape index (κ2) is 5.36. The van der Waals surface area contributed by atoms with Crippen molar-refractivity contribution in [2.24, 2.45) is 5.92 Å². The molecule has 1 saturated carbocycles. The summed E-state index contributed by atoms with van der Waals surface area (Å²) >= 11 is 0. The lowest BCUT2D eigenvalue weighted by Gasteiger charge is -2.02. The predicted octanol–water partition coefficient (Wildman–Crippen LogP) is 2.75. The van der Waals surface area contributed by atoms with Gasteiger partial charge in [0, 0.05) is 0 Å². The maximum Gasteiger partial charge on any atom is 0.360 e. The van der Waals surface area contributed by atoms with Crippen LogP contribution in [0.2, 0.25) is 0 Å². The van der Waals surface area contributed by atoms with E-state index in [1.165, 1.54) is 17.5 Å². The van der Waals surface area contributed by atoms with Crippen LogP contribution in [0.1, 0.15) is 29.8 Å². The number of para-hydroxylation sites is 1. The van der Waals surface area contributed by atoms with E-state index in [0.717, 1.165) is 18.0 Å². The summed E-state index contributed by atoms with van der Waals surface area (Å²) < 4.78 is 7.12. The molecule has 3 rings (SSSR count). The SMILES string of the molecule is O=C(O)c1nn(-c2ccccc2)cc1OCCC1CC1. The van der Waals surface area contributed by atoms with E-state index < -0.39 is 5.97 Å². The third-order valence-electron chi connectivity index (χ3n) is 3.38. The number of hydrogen-bond donors (Lipinski definition) is 1. The number of hydrogen-bond acceptors (Lipinski definition) is 3. The lowest BCUT2D eigenvalue weighted by molar-refractivity contribution is 0.0685. The third-order valence-corrected chi connectivity index (χ3v) is 3.38. The van der Waals surface area contributed by atoms with Gasteiger partial charge in [0.25, 0.3) is 0 Å². The fraction of sp³-hybridized carbons (Fsp3) is 0.333. The zero-order chi connectivity index (χ0) is 13.9. The molecule has 5 heteroatoms. The van der Waals surface area contributed by atoms with Crippen LogP contribution >= 0.6 is 0 Å². The van der Waals surface area contributed by atoms with Gasteiger partial charge in [-0.3, -0.25) is 0 Å². The van der Waals surface area contributed by atoms with E-state index in [-0.39, 0.29) is 5.69 Å². The molecule has 0 bridgehead atoms. The minimum atomic E-state index is -1.07. The number of carboxylic acid groups (broad SMARTS) is 1. The first-order valence-electron chi connectivity index (χ1n) is 6.75. The van der Waals surface area contributed by atoms with E-state index in [1.807, 2.05) is 30.3 Å². The molecule has 1 aromatic carbocycles. The molecule has 0 atom stereocenters. The van der Waals surface area contributed by atoms with Gasteiger partial charge in [-0.05, 0) is 24.5 Å². The maximum absolute atomic E-state index is 11.2. The van der Waals surface area contributed by atoms with E-state index in [1.54, 1.807) is 6.20 Å². The lowest BCUT2D eigenvalue weighted by atomic mass is 10.3. The second-order valence-electron chi connectivity index (χ2n) is 5.01. The second-order valence-corrected chi connectivity index (χ2v) is 5.01. The van der Waals surface area contributed by atoms with Gasteiger partial charge in [-0.1, -0.05) is 31.0 Å². The van der Waals surface area contributed by atoms with E-state index in [2.05, 4.69) is 5.10 Å². The zero-order valence-electron chi connectivity index (χ0n) is 11.0. The Morgan fingerprint density at radius 2 is 2.10 bits per heavy atom. The van der Waals surface area contributed by atoms with Crippen molar-refractivity contribution in [1.29, 1.82) is 0 Å². The van der Waals surface area contributed by atoms with Gasteiger partial charge in [-0.25, -0.2) is 9.48 Å². The smallest absolute Gasteiger partial charge is 0.360 e. The van der Waals surface area contributed by atoms with Gasteiger partial charge in [0.1, 0.15) is 0 Å². The molecule has 20 heavy (non-hydrogen) atoms. The van der Waals surface area contributed by atoms with E-state index in [9.17, 15) is 9.90 Å². The van der Waals surface area contributed by atoms with Crippen LogP contribution in [0.15, 0.2) is 36.5 Å². The van der Waals surface area contributed by atoms with Crippen LogP contribution in [-0.2, 0) is 0 Å². The Kier molecular flexibility index (Phi) is 3.41. The van der Waals surface area contributed by atoms with Crippen molar-refractivity contribution in [2.75, 3.05) is 6.61 Å². The molecule has 0 saturated heterocycles. The number of carboxylic acids is 1. The van der Waals surface area contributed by atoms with Gasteiger partial charge in [0.2, 0.25) is 5.69 Å². The highest BCUT2D eigenvalue weighted by Gasteiger charge is 2.22. The van der Waals surface area contributed by atoms with Gasteiger partial charge in [-0.2, -0.15) is 5.10 Å². The molecule has 0 radical (unpaired) electrons. The van der Waals surface area contributed by atoms with Crippen LogP contribution < -0.4 is 4.74 Å². The summed E-state index contributed by atoms with van der Waals surface area (Å²) in [5, 5.41) is 13.3. The first-order chi connectivity index (χ1) is 9.74. The van der Waals surface area contributed by atoms with Gasteiger partial charge in [0.15, 0.2) is 5.75 Å². The van der Waals surface area contributed by atoms with Gasteiger partial charge >= 0.3 is 5.97 Å². The molecule has 0 unspecified atom stereocenters. The molecule has 0 amide bonds. The van der Waals surface area contributed by atoms with Crippen molar-refractivity contribution in [1.82, 2.24) is 9.78 Å². The Bertz CT molecular complexity index is 603. The quantitative estimate of drug-likeness (QED) is 0.878. The van der Waals surface area contributed by atoms with Crippen molar-refractivity contribution in [2.45, 2.75) is 19.3 Å². The number of nitrogens with zero attached hydrogens (tertiary/aromatic N) is 2. The van der Waals surface area contributed by atoms with Gasteiger partial charge in [0.05, 0.1) is 18.5 Å². The topological polar surface area (TPSA) is 64.3 Å². The van der Waals surface area contributed by atoms with E-state index >= 15 is 0 Å². The van der Waals surface area contributed by atoms with Crippen LogP contribution in [0.4, 0.5) is 0 Å². The Morgan fingerprint density at radius 1 is 1.35 bits per heavy atom. The van der Waals surface area contributed by atoms with Crippen molar-refractivity contribution in [3.8, 4) is 11.4 Å². The Hall–Kier alpha value is -2.30. The van der Waals surface area contributed by atoms with Crippen molar-refractivity contribution in [3.63, 3.8) is 0 Å². The minimum Gasteiger partial charge on any atom is -0.489 e. The van der Waals surface area contributed by atoms with E-state index in [4.69, 9.17) is 4.74 Å². The first-order valence-corrected chi connectivity index (χ1v) is 6.75. The molecule has 1 heterocycles. The Labute approximate surface area is 116 Å². The molecule has 0 spiro atoms. The molecule has 1 aliphatic rings. The molecule has 1 fully saturated rings. The van der Waals surface area contributed by atoms with Crippen molar-refractivity contribution < 1.29 is 14.6 Å². The summed E-state index contributed by atoms with van der Waals surface area (Å²) in [6.45, 7) is 0.547. The third kappa shape index (κ3) is 2.82. The first kappa shape index (κ1) is 12.7. The molecule has 104 valence electrons. The number of aromatic nitrogens is 2. The highest BCUT2D eigenvalue weighted by atomic mass is 16.5. The molecular formula is C15H16N2O3. The number of ether oxygens (including phenoxy) is 1. The van der Waals surface area contributed by atoms with E-state index in [0.29, 0.717) is 12.4 Å². The largest absolute Gasteiger partial charge is 0.489 e. The molecule has 1 aromatic heterocycles. The van der Waals surface area contributed by atoms with Crippen molar-refractivity contribution >= 4 is 5.97 Å². The van der Waals surface area contributed by atoms with Crippen LogP contribution in [-0.4, -0.2) is 27.5 Å². The lowest BCUT2D eigenvalue weighted by Crippen LogP contribution is -2.04. The van der Waals surface area contributed by atoms with Gasteiger partial charge in [-0.15, -0.1) is 0 Å². The molecule has 5 nitrogen and oxygen atoms in total. The highest BCUT2D eigenvalue weighted by molar-refractivity contribution is 5.88. The molecular weight excluding hydrogens is 256 g/mol. The zero-order valence-corrected chi connectivity index (χ0v) is 11.0. The molecule has 1 aliphatic carbocycles. The molecule has 2 aromatic rings. The fourth-order valence-corrected chi connectivity index (χ4v) is 2.07. The Morgan fingerprint density at radius 3 is 2.75 bits per heavy atom. The Balaban J connectivity index is 1.80. The van der Waals surface area contributed by atoms with Crippen LogP contribution in [0.3, 0.4) is 0 Å². The molecule has 1 N–H and O–H groups in total. The molecule has 0 aliphatic heterocycles. The summed E-state index contributed by atoms with van der Waals surface area (Å²) in [6.07, 6.45) is 5.14. The van der Waals surface area contributed by atoms with Gasteiger partial charge < -0.3 is 9.84 Å².